The molecule has 2 rings (SSSR count). The molecule has 0 radical (unpaired) electrons. The van der Waals surface area contributed by atoms with Gasteiger partial charge in [0.15, 0.2) is 5.69 Å². The summed E-state index contributed by atoms with van der Waals surface area (Å²) in [5.74, 6) is 1.42. The molecule has 0 spiro atoms. The zero-order chi connectivity index (χ0) is 10.1. The Kier molecular flexibility index (Phi) is 1.72. The van der Waals surface area contributed by atoms with Crippen LogP contribution >= 0.6 is 0 Å². The minimum absolute atomic E-state index is 0.0131. The van der Waals surface area contributed by atoms with Crippen LogP contribution in [0.4, 0.5) is 0 Å². The van der Waals surface area contributed by atoms with E-state index in [1.807, 2.05) is 0 Å². The fourth-order valence-corrected chi connectivity index (χ4v) is 1.18. The Balaban J connectivity index is 2.67. The highest BCUT2D eigenvalue weighted by Crippen LogP contribution is 2.06. The van der Waals surface area contributed by atoms with Crippen molar-refractivity contribution in [2.75, 3.05) is 0 Å². The van der Waals surface area contributed by atoms with Gasteiger partial charge in [0.05, 0.1) is 0 Å². The zero-order valence-corrected chi connectivity index (χ0v) is 7.14. The Hall–Kier alpha value is -2.28. The highest BCUT2D eigenvalue weighted by atomic mass is 16.4. The molecule has 0 saturated carbocycles. The number of aromatic carboxylic acids is 1. The van der Waals surface area contributed by atoms with Crippen molar-refractivity contribution in [1.82, 2.24) is 9.38 Å². The third kappa shape index (κ3) is 1.21. The smallest absolute Gasteiger partial charge is 0.356 e. The van der Waals surface area contributed by atoms with Crippen LogP contribution in [-0.2, 0) is 0 Å². The molecule has 0 amide bonds. The molecule has 1 N–H and O–H groups in total. The lowest BCUT2D eigenvalue weighted by molar-refractivity contribution is 0.0691. The largest absolute Gasteiger partial charge is 0.476 e. The molecule has 0 aliphatic rings. The summed E-state index contributed by atoms with van der Waals surface area (Å²) in [5.41, 5.74) is 1.27. The summed E-state index contributed by atoms with van der Waals surface area (Å²) in [4.78, 5) is 14.5. The fourth-order valence-electron chi connectivity index (χ4n) is 1.18. The first kappa shape index (κ1) is 8.32. The number of imidazole rings is 1. The summed E-state index contributed by atoms with van der Waals surface area (Å²) >= 11 is 0. The van der Waals surface area contributed by atoms with E-state index < -0.39 is 5.97 Å². The lowest BCUT2D eigenvalue weighted by Crippen LogP contribution is -1.94. The number of hydrogen-bond donors (Lipinski definition) is 1. The summed E-state index contributed by atoms with van der Waals surface area (Å²) in [7, 11) is 0. The van der Waals surface area contributed by atoms with E-state index in [1.54, 1.807) is 22.7 Å². The van der Waals surface area contributed by atoms with Crippen molar-refractivity contribution in [2.45, 2.75) is 0 Å². The van der Waals surface area contributed by atoms with Gasteiger partial charge in [-0.1, -0.05) is 5.92 Å². The van der Waals surface area contributed by atoms with Crippen LogP contribution in [0.25, 0.3) is 5.65 Å². The van der Waals surface area contributed by atoms with Crippen molar-refractivity contribution >= 4 is 11.6 Å². The molecule has 0 saturated heterocycles. The Morgan fingerprint density at radius 3 is 2.93 bits per heavy atom. The molecule has 68 valence electrons. The van der Waals surface area contributed by atoms with Crippen LogP contribution in [0.2, 0.25) is 0 Å². The topological polar surface area (TPSA) is 54.6 Å². The molecule has 0 aliphatic heterocycles. The van der Waals surface area contributed by atoms with E-state index >= 15 is 0 Å². The maximum atomic E-state index is 10.6. The van der Waals surface area contributed by atoms with Crippen molar-refractivity contribution in [1.29, 1.82) is 0 Å². The third-order valence-corrected chi connectivity index (χ3v) is 1.84. The number of terminal acetylenes is 1. The third-order valence-electron chi connectivity index (χ3n) is 1.84. The average molecular weight is 186 g/mol. The standard InChI is InChI=1S/C10H6N2O2/c1-2-7-3-4-9-11-8(10(13)14)6-12(9)5-7/h1,3-6H,(H,13,14). The molecule has 0 fully saturated rings. The molecule has 2 aromatic rings. The van der Waals surface area contributed by atoms with Gasteiger partial charge in [0, 0.05) is 18.0 Å². The zero-order valence-electron chi connectivity index (χ0n) is 7.14. The van der Waals surface area contributed by atoms with E-state index in [0.29, 0.717) is 11.2 Å². The molecule has 0 aliphatic carbocycles. The van der Waals surface area contributed by atoms with Crippen LogP contribution in [0, 0.1) is 12.3 Å². The van der Waals surface area contributed by atoms with Gasteiger partial charge in [0.25, 0.3) is 0 Å². The second-order valence-electron chi connectivity index (χ2n) is 2.76. The number of carboxylic acid groups (broad SMARTS) is 1. The lowest BCUT2D eigenvalue weighted by atomic mass is 10.3. The van der Waals surface area contributed by atoms with Gasteiger partial charge in [-0.3, -0.25) is 0 Å². The second-order valence-corrected chi connectivity index (χ2v) is 2.76. The minimum atomic E-state index is -1.05. The van der Waals surface area contributed by atoms with Gasteiger partial charge in [-0.2, -0.15) is 0 Å². The summed E-state index contributed by atoms with van der Waals surface area (Å²) < 4.78 is 1.60. The van der Waals surface area contributed by atoms with Gasteiger partial charge in [-0.15, -0.1) is 6.42 Å². The predicted octanol–water partition coefficient (Wildman–Crippen LogP) is 1.01. The molecular weight excluding hydrogens is 180 g/mol. The number of carboxylic acids is 1. The molecular formula is C10H6N2O2. The first-order valence-corrected chi connectivity index (χ1v) is 3.89. The maximum absolute atomic E-state index is 10.6. The van der Waals surface area contributed by atoms with Crippen LogP contribution in [0.3, 0.4) is 0 Å². The summed E-state index contributed by atoms with van der Waals surface area (Å²) in [5, 5.41) is 8.70. The van der Waals surface area contributed by atoms with Gasteiger partial charge in [0.1, 0.15) is 5.65 Å². The summed E-state index contributed by atoms with van der Waals surface area (Å²) in [6.45, 7) is 0. The number of carbonyl (C=O) groups is 1. The Labute approximate surface area is 79.8 Å². The van der Waals surface area contributed by atoms with Crippen molar-refractivity contribution in [3.63, 3.8) is 0 Å². The van der Waals surface area contributed by atoms with Crippen LogP contribution in [0.1, 0.15) is 16.1 Å². The highest BCUT2D eigenvalue weighted by Gasteiger charge is 2.07. The molecule has 0 unspecified atom stereocenters. The number of nitrogens with zero attached hydrogens (tertiary/aromatic N) is 2. The van der Waals surface area contributed by atoms with Crippen molar-refractivity contribution in [2.24, 2.45) is 0 Å². The lowest BCUT2D eigenvalue weighted by Gasteiger charge is -1.92. The minimum Gasteiger partial charge on any atom is -0.476 e. The molecule has 0 bridgehead atoms. The van der Waals surface area contributed by atoms with Crippen LogP contribution in [0.15, 0.2) is 24.5 Å². The van der Waals surface area contributed by atoms with E-state index in [2.05, 4.69) is 10.9 Å². The number of hydrogen-bond acceptors (Lipinski definition) is 2. The first-order chi connectivity index (χ1) is 6.70. The second kappa shape index (κ2) is 2.89. The van der Waals surface area contributed by atoms with E-state index in [1.165, 1.54) is 6.20 Å². The fraction of sp³-hybridized carbons (Fsp3) is 0. The van der Waals surface area contributed by atoms with E-state index in [-0.39, 0.29) is 5.69 Å². The summed E-state index contributed by atoms with van der Waals surface area (Å²) in [6, 6.07) is 3.40. The molecule has 4 heteroatoms. The molecule has 2 aromatic heterocycles. The van der Waals surface area contributed by atoms with Gasteiger partial charge < -0.3 is 9.51 Å². The van der Waals surface area contributed by atoms with Gasteiger partial charge in [-0.05, 0) is 12.1 Å². The average Bonchev–Trinajstić information content (AvgIpc) is 2.59. The Morgan fingerprint density at radius 1 is 1.50 bits per heavy atom. The van der Waals surface area contributed by atoms with E-state index in [9.17, 15) is 4.79 Å². The van der Waals surface area contributed by atoms with E-state index in [0.717, 1.165) is 0 Å². The van der Waals surface area contributed by atoms with Crippen LogP contribution < -0.4 is 0 Å². The quantitative estimate of drug-likeness (QED) is 0.676. The first-order valence-electron chi connectivity index (χ1n) is 3.89. The van der Waals surface area contributed by atoms with Crippen LogP contribution in [-0.4, -0.2) is 20.5 Å². The van der Waals surface area contributed by atoms with Gasteiger partial charge in [0.2, 0.25) is 0 Å². The van der Waals surface area contributed by atoms with E-state index in [4.69, 9.17) is 11.5 Å². The van der Waals surface area contributed by atoms with Gasteiger partial charge >= 0.3 is 5.97 Å². The Morgan fingerprint density at radius 2 is 2.29 bits per heavy atom. The van der Waals surface area contributed by atoms with Gasteiger partial charge in [-0.25, -0.2) is 9.78 Å². The highest BCUT2D eigenvalue weighted by molar-refractivity contribution is 5.86. The molecule has 4 nitrogen and oxygen atoms in total. The van der Waals surface area contributed by atoms with Crippen molar-refractivity contribution in [3.05, 3.63) is 35.8 Å². The van der Waals surface area contributed by atoms with Crippen molar-refractivity contribution < 1.29 is 9.90 Å². The number of fused-ring (bicyclic) bond motifs is 1. The molecule has 0 atom stereocenters. The molecule has 0 aromatic carbocycles. The number of aromatic nitrogens is 2. The SMILES string of the molecule is C#Cc1ccc2nc(C(=O)O)cn2c1. The normalized spacial score (nSPS) is 9.93. The Bertz CT molecular complexity index is 549. The monoisotopic (exact) mass is 186 g/mol. The number of rotatable bonds is 1. The summed E-state index contributed by atoms with van der Waals surface area (Å²) in [6.07, 6.45) is 8.30. The molecule has 14 heavy (non-hydrogen) atoms. The predicted molar refractivity (Wildman–Crippen MR) is 50.1 cm³/mol. The number of pyridine rings is 1. The maximum Gasteiger partial charge on any atom is 0.356 e. The van der Waals surface area contributed by atoms with Crippen LogP contribution in [0.5, 0.6) is 0 Å². The van der Waals surface area contributed by atoms with Crippen molar-refractivity contribution in [3.8, 4) is 12.3 Å². The molecule has 2 heterocycles.